The smallest absolute Gasteiger partial charge is 0.254 e. The number of fused-ring (bicyclic) bond motifs is 1. The van der Waals surface area contributed by atoms with Crippen molar-refractivity contribution in [2.75, 3.05) is 20.3 Å². The van der Waals surface area contributed by atoms with E-state index in [1.807, 2.05) is 11.6 Å². The van der Waals surface area contributed by atoms with Crippen LogP contribution in [0.2, 0.25) is 0 Å². The van der Waals surface area contributed by atoms with Gasteiger partial charge in [-0.3, -0.25) is 9.48 Å². The van der Waals surface area contributed by atoms with Gasteiger partial charge in [0.2, 0.25) is 0 Å². The number of nitrogens with one attached hydrogen (secondary N) is 1. The van der Waals surface area contributed by atoms with Crippen LogP contribution in [0.15, 0.2) is 6.20 Å². The molecule has 1 amide bonds. The summed E-state index contributed by atoms with van der Waals surface area (Å²) in [7, 11) is 1.69. The van der Waals surface area contributed by atoms with E-state index in [2.05, 4.69) is 17.3 Å². The van der Waals surface area contributed by atoms with Crippen LogP contribution in [-0.4, -0.2) is 48.2 Å². The number of nitrogens with zero attached hydrogens (tertiary/aromatic N) is 2. The van der Waals surface area contributed by atoms with Crippen LogP contribution in [0.3, 0.4) is 0 Å². The van der Waals surface area contributed by atoms with E-state index < -0.39 is 0 Å². The lowest BCUT2D eigenvalue weighted by molar-refractivity contribution is -0.0809. The summed E-state index contributed by atoms with van der Waals surface area (Å²) < 4.78 is 12.9. The first-order chi connectivity index (χ1) is 10.7. The van der Waals surface area contributed by atoms with Crippen molar-refractivity contribution in [1.29, 1.82) is 0 Å². The largest absolute Gasteiger partial charge is 0.384 e. The first-order valence-electron chi connectivity index (χ1n) is 8.11. The maximum atomic E-state index is 12.6. The van der Waals surface area contributed by atoms with Crippen molar-refractivity contribution in [1.82, 2.24) is 15.1 Å². The number of aryl methyl sites for hydroxylation is 1. The quantitative estimate of drug-likeness (QED) is 0.862. The second-order valence-electron chi connectivity index (χ2n) is 6.27. The number of hydrogen-bond acceptors (Lipinski definition) is 4. The Hall–Kier alpha value is -1.40. The highest BCUT2D eigenvalue weighted by Crippen LogP contribution is 2.43. The summed E-state index contributed by atoms with van der Waals surface area (Å²) in [6, 6.07) is 0.147. The van der Waals surface area contributed by atoms with Crippen molar-refractivity contribution in [3.63, 3.8) is 0 Å². The molecule has 122 valence electrons. The minimum atomic E-state index is -0.0312. The minimum Gasteiger partial charge on any atom is -0.384 e. The van der Waals surface area contributed by atoms with Gasteiger partial charge in [0.05, 0.1) is 24.5 Å². The standard InChI is InChI=1S/C16H25N3O3/c1-4-6-19-10(2)12(8-17-19)16(20)18-14-11-5-7-22-15(11)13(14)9-21-3/h8,11,13-15H,4-7,9H2,1-3H3,(H,18,20)/t11-,13+,14+,15-/m0/s1. The molecule has 1 aromatic heterocycles. The number of rotatable bonds is 6. The average Bonchev–Trinajstić information content (AvgIpc) is 3.08. The molecule has 1 aromatic rings. The van der Waals surface area contributed by atoms with E-state index in [4.69, 9.17) is 9.47 Å². The molecule has 0 spiro atoms. The summed E-state index contributed by atoms with van der Waals surface area (Å²) in [6.45, 7) is 6.31. The van der Waals surface area contributed by atoms with Crippen molar-refractivity contribution in [2.45, 2.75) is 45.4 Å². The number of ether oxygens (including phenoxy) is 2. The van der Waals surface area contributed by atoms with Gasteiger partial charge in [-0.25, -0.2) is 0 Å². The SMILES string of the molecule is CCCn1ncc(C(=O)N[C@H]2[C@@H](COC)[C@H]3OCC[C@@H]23)c1C. The molecule has 1 saturated heterocycles. The first-order valence-corrected chi connectivity index (χ1v) is 8.11. The predicted molar refractivity (Wildman–Crippen MR) is 81.7 cm³/mol. The summed E-state index contributed by atoms with van der Waals surface area (Å²) in [5.74, 6) is 0.652. The molecular formula is C16H25N3O3. The summed E-state index contributed by atoms with van der Waals surface area (Å²) in [5.41, 5.74) is 1.60. The molecular weight excluding hydrogens is 282 g/mol. The molecule has 2 aliphatic rings. The van der Waals surface area contributed by atoms with E-state index in [0.29, 0.717) is 18.1 Å². The maximum Gasteiger partial charge on any atom is 0.254 e. The minimum absolute atomic E-state index is 0.0312. The summed E-state index contributed by atoms with van der Waals surface area (Å²) >= 11 is 0. The molecule has 6 nitrogen and oxygen atoms in total. The van der Waals surface area contributed by atoms with Crippen molar-refractivity contribution in [3.8, 4) is 0 Å². The highest BCUT2D eigenvalue weighted by molar-refractivity contribution is 5.95. The van der Waals surface area contributed by atoms with Gasteiger partial charge < -0.3 is 14.8 Å². The predicted octanol–water partition coefficient (Wildman–Crippen LogP) is 1.38. The van der Waals surface area contributed by atoms with Crippen molar-refractivity contribution < 1.29 is 14.3 Å². The molecule has 6 heteroatoms. The number of hydrogen-bond donors (Lipinski definition) is 1. The Bertz CT molecular complexity index is 543. The Balaban J connectivity index is 1.68. The number of amides is 1. The number of aromatic nitrogens is 2. The normalized spacial score (nSPS) is 30.0. The Morgan fingerprint density at radius 3 is 3.14 bits per heavy atom. The summed E-state index contributed by atoms with van der Waals surface area (Å²) in [5, 5.41) is 7.49. The molecule has 1 aliphatic carbocycles. The van der Waals surface area contributed by atoms with Gasteiger partial charge in [-0.15, -0.1) is 0 Å². The third kappa shape index (κ3) is 2.54. The zero-order valence-corrected chi connectivity index (χ0v) is 13.5. The maximum absolute atomic E-state index is 12.6. The molecule has 2 fully saturated rings. The Morgan fingerprint density at radius 1 is 1.59 bits per heavy atom. The molecule has 3 rings (SSSR count). The van der Waals surface area contributed by atoms with Crippen LogP contribution < -0.4 is 5.32 Å². The third-order valence-electron chi connectivity index (χ3n) is 4.97. The first kappa shape index (κ1) is 15.5. The van der Waals surface area contributed by atoms with E-state index in [9.17, 15) is 4.79 Å². The van der Waals surface area contributed by atoms with Gasteiger partial charge in [0.15, 0.2) is 0 Å². The second-order valence-corrected chi connectivity index (χ2v) is 6.27. The van der Waals surface area contributed by atoms with Crippen LogP contribution in [-0.2, 0) is 16.0 Å². The fraction of sp³-hybridized carbons (Fsp3) is 0.750. The van der Waals surface area contributed by atoms with E-state index in [1.165, 1.54) is 0 Å². The van der Waals surface area contributed by atoms with Crippen LogP contribution in [0, 0.1) is 18.8 Å². The fourth-order valence-electron chi connectivity index (χ4n) is 3.77. The van der Waals surface area contributed by atoms with Crippen molar-refractivity contribution >= 4 is 5.91 Å². The van der Waals surface area contributed by atoms with E-state index >= 15 is 0 Å². The topological polar surface area (TPSA) is 65.4 Å². The molecule has 0 radical (unpaired) electrons. The molecule has 1 N–H and O–H groups in total. The van der Waals surface area contributed by atoms with Gasteiger partial charge in [0.1, 0.15) is 0 Å². The second kappa shape index (κ2) is 6.38. The molecule has 1 saturated carbocycles. The van der Waals surface area contributed by atoms with Gasteiger partial charge in [-0.1, -0.05) is 6.92 Å². The Morgan fingerprint density at radius 2 is 2.41 bits per heavy atom. The number of carbonyl (C=O) groups excluding carboxylic acids is 1. The summed E-state index contributed by atoms with van der Waals surface area (Å²) in [6.07, 6.45) is 3.94. The van der Waals surface area contributed by atoms with Gasteiger partial charge >= 0.3 is 0 Å². The molecule has 0 unspecified atom stereocenters. The molecule has 2 heterocycles. The van der Waals surface area contributed by atoms with Gasteiger partial charge in [-0.2, -0.15) is 5.10 Å². The van der Waals surface area contributed by atoms with Gasteiger partial charge in [0.25, 0.3) is 5.91 Å². The fourth-order valence-corrected chi connectivity index (χ4v) is 3.77. The van der Waals surface area contributed by atoms with Crippen LogP contribution in [0.1, 0.15) is 35.8 Å². The lowest BCUT2D eigenvalue weighted by atomic mass is 9.67. The highest BCUT2D eigenvalue weighted by Gasteiger charge is 2.54. The Labute approximate surface area is 131 Å². The highest BCUT2D eigenvalue weighted by atomic mass is 16.5. The van der Waals surface area contributed by atoms with E-state index in [-0.39, 0.29) is 24.0 Å². The zero-order valence-electron chi connectivity index (χ0n) is 13.5. The van der Waals surface area contributed by atoms with Gasteiger partial charge in [-0.05, 0) is 19.8 Å². The van der Waals surface area contributed by atoms with Crippen LogP contribution in [0.5, 0.6) is 0 Å². The lowest BCUT2D eigenvalue weighted by Crippen LogP contribution is -2.62. The van der Waals surface area contributed by atoms with Crippen LogP contribution in [0.25, 0.3) is 0 Å². The van der Waals surface area contributed by atoms with E-state index in [0.717, 1.165) is 31.7 Å². The lowest BCUT2D eigenvalue weighted by Gasteiger charge is -2.47. The van der Waals surface area contributed by atoms with Crippen molar-refractivity contribution in [3.05, 3.63) is 17.5 Å². The summed E-state index contributed by atoms with van der Waals surface area (Å²) in [4.78, 5) is 12.6. The van der Waals surface area contributed by atoms with E-state index in [1.54, 1.807) is 13.3 Å². The molecule has 1 aliphatic heterocycles. The monoisotopic (exact) mass is 307 g/mol. The average molecular weight is 307 g/mol. The van der Waals surface area contributed by atoms with Crippen LogP contribution in [0.4, 0.5) is 0 Å². The molecule has 0 aromatic carbocycles. The number of methoxy groups -OCH3 is 1. The van der Waals surface area contributed by atoms with Crippen molar-refractivity contribution in [2.24, 2.45) is 11.8 Å². The van der Waals surface area contributed by atoms with Crippen LogP contribution >= 0.6 is 0 Å². The Kier molecular flexibility index (Phi) is 4.49. The third-order valence-corrected chi connectivity index (χ3v) is 4.97. The van der Waals surface area contributed by atoms with Gasteiger partial charge in [0, 0.05) is 43.8 Å². The molecule has 22 heavy (non-hydrogen) atoms. The number of carbonyl (C=O) groups is 1. The zero-order chi connectivity index (χ0) is 15.7. The molecule has 0 bridgehead atoms. The molecule has 4 atom stereocenters.